The fourth-order valence-corrected chi connectivity index (χ4v) is 1.77. The van der Waals surface area contributed by atoms with Gasteiger partial charge in [-0.1, -0.05) is 18.2 Å². The Balaban J connectivity index is 2.51. The van der Waals surface area contributed by atoms with Gasteiger partial charge in [0.25, 0.3) is 0 Å². The molecule has 0 spiro atoms. The SMILES string of the molecule is COc1ccc2cc(C(C#N)N=C=O)ccc2c1. The molecule has 1 atom stereocenters. The predicted octanol–water partition coefficient (Wildman–Crippen LogP) is 2.75. The number of rotatable bonds is 3. The topological polar surface area (TPSA) is 62.4 Å². The van der Waals surface area contributed by atoms with Gasteiger partial charge in [0.1, 0.15) is 5.75 Å². The van der Waals surface area contributed by atoms with Gasteiger partial charge in [-0.25, -0.2) is 4.79 Å². The van der Waals surface area contributed by atoms with Gasteiger partial charge in [0, 0.05) is 0 Å². The van der Waals surface area contributed by atoms with Crippen molar-refractivity contribution in [2.75, 3.05) is 7.11 Å². The van der Waals surface area contributed by atoms with Gasteiger partial charge in [-0.3, -0.25) is 0 Å². The van der Waals surface area contributed by atoms with E-state index in [1.54, 1.807) is 13.2 Å². The minimum Gasteiger partial charge on any atom is -0.497 e. The molecule has 0 N–H and O–H groups in total. The minimum atomic E-state index is -0.797. The Morgan fingerprint density at radius 3 is 2.61 bits per heavy atom. The summed E-state index contributed by atoms with van der Waals surface area (Å²) in [6, 6.07) is 12.3. The van der Waals surface area contributed by atoms with E-state index in [0.717, 1.165) is 16.5 Å². The number of isocyanates is 1. The van der Waals surface area contributed by atoms with Gasteiger partial charge in [0.2, 0.25) is 6.08 Å². The quantitative estimate of drug-likeness (QED) is 0.610. The Bertz CT molecular complexity index is 667. The van der Waals surface area contributed by atoms with Crippen LogP contribution in [0.5, 0.6) is 5.75 Å². The first-order valence-corrected chi connectivity index (χ1v) is 5.33. The first-order chi connectivity index (χ1) is 8.78. The summed E-state index contributed by atoms with van der Waals surface area (Å²) in [5, 5.41) is 10.9. The van der Waals surface area contributed by atoms with E-state index >= 15 is 0 Å². The molecule has 88 valence electrons. The summed E-state index contributed by atoms with van der Waals surface area (Å²) in [4.78, 5) is 13.7. The number of carbonyl (C=O) groups excluding carboxylic acids is 1. The number of fused-ring (bicyclic) bond motifs is 1. The van der Waals surface area contributed by atoms with Gasteiger partial charge in [-0.15, -0.1) is 0 Å². The molecular formula is C14H10N2O2. The van der Waals surface area contributed by atoms with Crippen molar-refractivity contribution in [2.24, 2.45) is 4.99 Å². The van der Waals surface area contributed by atoms with Crippen LogP contribution in [0.3, 0.4) is 0 Å². The molecule has 0 amide bonds. The molecule has 0 saturated carbocycles. The van der Waals surface area contributed by atoms with Crippen molar-refractivity contribution in [2.45, 2.75) is 6.04 Å². The maximum absolute atomic E-state index is 10.2. The molecule has 0 saturated heterocycles. The monoisotopic (exact) mass is 238 g/mol. The summed E-state index contributed by atoms with van der Waals surface area (Å²) in [6.07, 6.45) is 1.42. The molecule has 0 fully saturated rings. The lowest BCUT2D eigenvalue weighted by Crippen LogP contribution is -1.91. The molecule has 4 nitrogen and oxygen atoms in total. The van der Waals surface area contributed by atoms with Crippen molar-refractivity contribution in [1.82, 2.24) is 0 Å². The molecule has 0 aliphatic rings. The Kier molecular flexibility index (Phi) is 3.38. The van der Waals surface area contributed by atoms with Gasteiger partial charge in [0.15, 0.2) is 6.04 Å². The van der Waals surface area contributed by atoms with Crippen LogP contribution in [0.15, 0.2) is 41.4 Å². The summed E-state index contributed by atoms with van der Waals surface area (Å²) < 4.78 is 5.14. The fourth-order valence-electron chi connectivity index (χ4n) is 1.77. The molecule has 0 aliphatic heterocycles. The summed E-state index contributed by atoms with van der Waals surface area (Å²) in [5.41, 5.74) is 0.679. The van der Waals surface area contributed by atoms with Crippen LogP contribution in [0.4, 0.5) is 0 Å². The van der Waals surface area contributed by atoms with Crippen LogP contribution in [0.1, 0.15) is 11.6 Å². The second-order valence-corrected chi connectivity index (χ2v) is 3.72. The first kappa shape index (κ1) is 11.8. The molecule has 0 bridgehead atoms. The van der Waals surface area contributed by atoms with Crippen LogP contribution < -0.4 is 4.74 Å². The third-order valence-corrected chi connectivity index (χ3v) is 2.69. The maximum Gasteiger partial charge on any atom is 0.236 e. The van der Waals surface area contributed by atoms with E-state index < -0.39 is 6.04 Å². The second-order valence-electron chi connectivity index (χ2n) is 3.72. The first-order valence-electron chi connectivity index (χ1n) is 5.33. The number of aliphatic imine (C=N–C) groups is 1. The number of nitrogens with zero attached hydrogens (tertiary/aromatic N) is 2. The Hall–Kier alpha value is -2.63. The van der Waals surface area contributed by atoms with Crippen LogP contribution in [-0.2, 0) is 4.79 Å². The van der Waals surface area contributed by atoms with E-state index in [4.69, 9.17) is 10.00 Å². The van der Waals surface area contributed by atoms with Crippen molar-refractivity contribution in [3.63, 3.8) is 0 Å². The highest BCUT2D eigenvalue weighted by Crippen LogP contribution is 2.25. The summed E-state index contributed by atoms with van der Waals surface area (Å²) in [6.45, 7) is 0. The fraction of sp³-hybridized carbons (Fsp3) is 0.143. The van der Waals surface area contributed by atoms with Crippen LogP contribution in [-0.4, -0.2) is 13.2 Å². The third kappa shape index (κ3) is 2.22. The molecule has 0 heterocycles. The number of benzene rings is 2. The lowest BCUT2D eigenvalue weighted by Gasteiger charge is -2.06. The van der Waals surface area contributed by atoms with E-state index in [1.165, 1.54) is 6.08 Å². The number of ether oxygens (including phenoxy) is 1. The third-order valence-electron chi connectivity index (χ3n) is 2.69. The van der Waals surface area contributed by atoms with Crippen molar-refractivity contribution in [3.05, 3.63) is 42.0 Å². The summed E-state index contributed by atoms with van der Waals surface area (Å²) in [7, 11) is 1.61. The molecule has 18 heavy (non-hydrogen) atoms. The molecule has 2 rings (SSSR count). The van der Waals surface area contributed by atoms with Gasteiger partial charge >= 0.3 is 0 Å². The molecule has 0 radical (unpaired) electrons. The zero-order chi connectivity index (χ0) is 13.0. The average molecular weight is 238 g/mol. The van der Waals surface area contributed by atoms with E-state index in [1.807, 2.05) is 36.4 Å². The summed E-state index contributed by atoms with van der Waals surface area (Å²) in [5.74, 6) is 0.776. The number of hydrogen-bond donors (Lipinski definition) is 0. The minimum absolute atomic E-state index is 0.679. The zero-order valence-corrected chi connectivity index (χ0v) is 9.75. The number of methoxy groups -OCH3 is 1. The van der Waals surface area contributed by atoms with Crippen LogP contribution in [0.25, 0.3) is 10.8 Å². The van der Waals surface area contributed by atoms with Crippen LogP contribution in [0, 0.1) is 11.3 Å². The van der Waals surface area contributed by atoms with Crippen molar-refractivity contribution in [3.8, 4) is 11.8 Å². The Morgan fingerprint density at radius 2 is 1.94 bits per heavy atom. The van der Waals surface area contributed by atoms with Crippen molar-refractivity contribution >= 4 is 16.9 Å². The molecule has 0 aromatic heterocycles. The highest BCUT2D eigenvalue weighted by molar-refractivity contribution is 5.84. The largest absolute Gasteiger partial charge is 0.497 e. The van der Waals surface area contributed by atoms with Crippen LogP contribution in [0.2, 0.25) is 0 Å². The van der Waals surface area contributed by atoms with E-state index in [-0.39, 0.29) is 0 Å². The maximum atomic E-state index is 10.2. The van der Waals surface area contributed by atoms with E-state index in [2.05, 4.69) is 4.99 Å². The highest BCUT2D eigenvalue weighted by atomic mass is 16.5. The van der Waals surface area contributed by atoms with E-state index in [9.17, 15) is 4.79 Å². The standard InChI is InChI=1S/C14H10N2O2/c1-18-13-5-4-10-6-12(3-2-11(10)7-13)14(8-15)16-9-17/h2-7,14H,1H3. The smallest absolute Gasteiger partial charge is 0.236 e. The number of nitriles is 1. The van der Waals surface area contributed by atoms with Gasteiger partial charge in [-0.05, 0) is 34.5 Å². The Morgan fingerprint density at radius 1 is 1.22 bits per heavy atom. The van der Waals surface area contributed by atoms with Gasteiger partial charge in [0.05, 0.1) is 13.2 Å². The van der Waals surface area contributed by atoms with Crippen molar-refractivity contribution < 1.29 is 9.53 Å². The lowest BCUT2D eigenvalue weighted by molar-refractivity contribution is 0.415. The van der Waals surface area contributed by atoms with Crippen LogP contribution >= 0.6 is 0 Å². The molecule has 1 unspecified atom stereocenters. The zero-order valence-electron chi connectivity index (χ0n) is 9.75. The molecule has 0 aliphatic carbocycles. The average Bonchev–Trinajstić information content (AvgIpc) is 2.43. The van der Waals surface area contributed by atoms with Gasteiger partial charge in [-0.2, -0.15) is 10.3 Å². The second kappa shape index (κ2) is 5.13. The summed E-state index contributed by atoms with van der Waals surface area (Å²) >= 11 is 0. The predicted molar refractivity (Wildman–Crippen MR) is 67.0 cm³/mol. The normalized spacial score (nSPS) is 11.3. The molecule has 2 aromatic rings. The Labute approximate surface area is 104 Å². The van der Waals surface area contributed by atoms with E-state index in [0.29, 0.717) is 5.56 Å². The molecule has 2 aromatic carbocycles. The number of hydrogen-bond acceptors (Lipinski definition) is 4. The molecule has 4 heteroatoms. The highest BCUT2D eigenvalue weighted by Gasteiger charge is 2.09. The van der Waals surface area contributed by atoms with Crippen molar-refractivity contribution in [1.29, 1.82) is 5.26 Å². The molecular weight excluding hydrogens is 228 g/mol. The van der Waals surface area contributed by atoms with Gasteiger partial charge < -0.3 is 4.74 Å². The lowest BCUT2D eigenvalue weighted by atomic mass is 10.0.